The predicted octanol–water partition coefficient (Wildman–Crippen LogP) is 3.08. The van der Waals surface area contributed by atoms with Crippen molar-refractivity contribution in [1.82, 2.24) is 10.3 Å². The lowest BCUT2D eigenvalue weighted by molar-refractivity contribution is 0.662. The molecule has 0 fully saturated rings. The van der Waals surface area contributed by atoms with Gasteiger partial charge in [0.2, 0.25) is 0 Å². The Morgan fingerprint density at radius 3 is 3.07 bits per heavy atom. The maximum absolute atomic E-state index is 4.45. The lowest BCUT2D eigenvalue weighted by Crippen LogP contribution is -2.10. The summed E-state index contributed by atoms with van der Waals surface area (Å²) in [6.07, 6.45) is 2.95. The molecule has 0 aromatic carbocycles. The number of hydrogen-bond donors (Lipinski definition) is 1. The van der Waals surface area contributed by atoms with E-state index in [-0.39, 0.29) is 0 Å². The Labute approximate surface area is 98.0 Å². The van der Waals surface area contributed by atoms with Gasteiger partial charge in [-0.25, -0.2) is 4.98 Å². The molecule has 0 radical (unpaired) electrons. The molecule has 2 heterocycles. The highest BCUT2D eigenvalue weighted by Crippen LogP contribution is 2.23. The maximum atomic E-state index is 4.45. The second-order valence-corrected chi connectivity index (χ2v) is 5.60. The van der Waals surface area contributed by atoms with Gasteiger partial charge in [-0.05, 0) is 25.4 Å². The highest BCUT2D eigenvalue weighted by molar-refractivity contribution is 7.12. The standard InChI is InChI=1S/C11H14N2S2/c1-8(12-2)10-7-13-11(15-10)6-9-4-3-5-14-9/h3-5,7-8,12H,6H2,1-2H3. The van der Waals surface area contributed by atoms with Crippen LogP contribution in [0, 0.1) is 0 Å². The zero-order chi connectivity index (χ0) is 10.7. The number of thiophene rings is 1. The first kappa shape index (κ1) is 10.8. The number of nitrogens with one attached hydrogen (secondary N) is 1. The fourth-order valence-corrected chi connectivity index (χ4v) is 3.12. The van der Waals surface area contributed by atoms with Crippen molar-refractivity contribution in [2.24, 2.45) is 0 Å². The summed E-state index contributed by atoms with van der Waals surface area (Å²) in [5, 5.41) is 6.54. The summed E-state index contributed by atoms with van der Waals surface area (Å²) in [4.78, 5) is 7.14. The number of thiazole rings is 1. The number of nitrogens with zero attached hydrogens (tertiary/aromatic N) is 1. The van der Waals surface area contributed by atoms with E-state index in [1.165, 1.54) is 14.8 Å². The molecule has 2 aromatic heterocycles. The molecule has 2 nitrogen and oxygen atoms in total. The van der Waals surface area contributed by atoms with Gasteiger partial charge >= 0.3 is 0 Å². The summed E-state index contributed by atoms with van der Waals surface area (Å²) in [6, 6.07) is 4.65. The third kappa shape index (κ3) is 2.65. The van der Waals surface area contributed by atoms with Crippen molar-refractivity contribution in [3.05, 3.63) is 38.5 Å². The van der Waals surface area contributed by atoms with Crippen molar-refractivity contribution in [3.63, 3.8) is 0 Å². The first-order valence-corrected chi connectivity index (χ1v) is 6.63. The Morgan fingerprint density at radius 2 is 2.40 bits per heavy atom. The number of rotatable bonds is 4. The molecular formula is C11H14N2S2. The molecular weight excluding hydrogens is 224 g/mol. The van der Waals surface area contributed by atoms with Gasteiger partial charge in [-0.1, -0.05) is 6.07 Å². The zero-order valence-corrected chi connectivity index (χ0v) is 10.5. The van der Waals surface area contributed by atoms with Gasteiger partial charge in [-0.15, -0.1) is 22.7 Å². The largest absolute Gasteiger partial charge is 0.312 e. The number of aromatic nitrogens is 1. The molecule has 0 aliphatic carbocycles. The van der Waals surface area contributed by atoms with E-state index in [0.29, 0.717) is 6.04 Å². The molecule has 0 spiro atoms. The Morgan fingerprint density at radius 1 is 1.53 bits per heavy atom. The zero-order valence-electron chi connectivity index (χ0n) is 8.86. The minimum Gasteiger partial charge on any atom is -0.312 e. The lowest BCUT2D eigenvalue weighted by Gasteiger charge is -2.04. The van der Waals surface area contributed by atoms with E-state index in [1.807, 2.05) is 13.2 Å². The minimum atomic E-state index is 0.402. The van der Waals surface area contributed by atoms with Crippen molar-refractivity contribution in [2.75, 3.05) is 7.05 Å². The van der Waals surface area contributed by atoms with Gasteiger partial charge in [0.1, 0.15) is 0 Å². The van der Waals surface area contributed by atoms with Crippen molar-refractivity contribution in [3.8, 4) is 0 Å². The van der Waals surface area contributed by atoms with Crippen molar-refractivity contribution < 1.29 is 0 Å². The third-order valence-electron chi connectivity index (χ3n) is 2.34. The third-order valence-corrected chi connectivity index (χ3v) is 4.39. The van der Waals surface area contributed by atoms with Crippen LogP contribution in [0.3, 0.4) is 0 Å². The molecule has 4 heteroatoms. The first-order chi connectivity index (χ1) is 7.29. The SMILES string of the molecule is CNC(C)c1cnc(Cc2cccs2)s1. The van der Waals surface area contributed by atoms with E-state index in [1.54, 1.807) is 22.7 Å². The quantitative estimate of drug-likeness (QED) is 0.885. The van der Waals surface area contributed by atoms with Gasteiger partial charge in [-0.2, -0.15) is 0 Å². The lowest BCUT2D eigenvalue weighted by atomic mass is 10.3. The number of hydrogen-bond acceptors (Lipinski definition) is 4. The van der Waals surface area contributed by atoms with Gasteiger partial charge < -0.3 is 5.32 Å². The molecule has 0 aliphatic heterocycles. The molecule has 0 amide bonds. The summed E-state index contributed by atoms with van der Waals surface area (Å²) in [7, 11) is 1.98. The van der Waals surface area contributed by atoms with Crippen LogP contribution in [0.25, 0.3) is 0 Å². The van der Waals surface area contributed by atoms with Gasteiger partial charge in [0.15, 0.2) is 0 Å². The van der Waals surface area contributed by atoms with Crippen LogP contribution < -0.4 is 5.32 Å². The Bertz CT molecular complexity index is 406. The van der Waals surface area contributed by atoms with Crippen LogP contribution in [-0.2, 0) is 6.42 Å². The van der Waals surface area contributed by atoms with Crippen LogP contribution >= 0.6 is 22.7 Å². The smallest absolute Gasteiger partial charge is 0.0980 e. The van der Waals surface area contributed by atoms with E-state index in [0.717, 1.165) is 6.42 Å². The van der Waals surface area contributed by atoms with Crippen LogP contribution in [0.2, 0.25) is 0 Å². The summed E-state index contributed by atoms with van der Waals surface area (Å²) >= 11 is 3.59. The maximum Gasteiger partial charge on any atom is 0.0980 e. The van der Waals surface area contributed by atoms with E-state index in [2.05, 4.69) is 34.7 Å². The first-order valence-electron chi connectivity index (χ1n) is 4.94. The summed E-state index contributed by atoms with van der Waals surface area (Å²) in [6.45, 7) is 2.16. The van der Waals surface area contributed by atoms with Crippen LogP contribution in [-0.4, -0.2) is 12.0 Å². The predicted molar refractivity (Wildman–Crippen MR) is 66.7 cm³/mol. The second-order valence-electron chi connectivity index (χ2n) is 3.42. The van der Waals surface area contributed by atoms with Gasteiger partial charge in [-0.3, -0.25) is 0 Å². The normalized spacial score (nSPS) is 12.9. The Kier molecular flexibility index (Phi) is 3.51. The molecule has 1 unspecified atom stereocenters. The summed E-state index contributed by atoms with van der Waals surface area (Å²) in [5.41, 5.74) is 0. The topological polar surface area (TPSA) is 24.9 Å². The fourth-order valence-electron chi connectivity index (χ4n) is 1.31. The molecule has 0 bridgehead atoms. The molecule has 80 valence electrons. The molecule has 1 N–H and O–H groups in total. The van der Waals surface area contributed by atoms with Gasteiger partial charge in [0.25, 0.3) is 0 Å². The average Bonchev–Trinajstić information content (AvgIpc) is 2.88. The molecule has 0 saturated carbocycles. The van der Waals surface area contributed by atoms with E-state index < -0.39 is 0 Å². The molecule has 1 atom stereocenters. The van der Waals surface area contributed by atoms with Crippen molar-refractivity contribution in [1.29, 1.82) is 0 Å². The highest BCUT2D eigenvalue weighted by atomic mass is 32.1. The molecule has 0 saturated heterocycles. The van der Waals surface area contributed by atoms with E-state index in [9.17, 15) is 0 Å². The van der Waals surface area contributed by atoms with Gasteiger partial charge in [0, 0.05) is 28.4 Å². The van der Waals surface area contributed by atoms with Crippen molar-refractivity contribution in [2.45, 2.75) is 19.4 Å². The highest BCUT2D eigenvalue weighted by Gasteiger charge is 2.08. The van der Waals surface area contributed by atoms with Crippen LogP contribution in [0.4, 0.5) is 0 Å². The summed E-state index contributed by atoms with van der Waals surface area (Å²) in [5.74, 6) is 0. The average molecular weight is 238 g/mol. The van der Waals surface area contributed by atoms with E-state index in [4.69, 9.17) is 0 Å². The van der Waals surface area contributed by atoms with Crippen molar-refractivity contribution >= 4 is 22.7 Å². The van der Waals surface area contributed by atoms with Crippen LogP contribution in [0.1, 0.15) is 27.7 Å². The van der Waals surface area contributed by atoms with Gasteiger partial charge in [0.05, 0.1) is 5.01 Å². The molecule has 15 heavy (non-hydrogen) atoms. The van der Waals surface area contributed by atoms with Crippen LogP contribution in [0.5, 0.6) is 0 Å². The second kappa shape index (κ2) is 4.88. The van der Waals surface area contributed by atoms with Crippen LogP contribution in [0.15, 0.2) is 23.7 Å². The Hall–Kier alpha value is -0.710. The monoisotopic (exact) mass is 238 g/mol. The molecule has 2 rings (SSSR count). The summed E-state index contributed by atoms with van der Waals surface area (Å²) < 4.78 is 0. The molecule has 2 aromatic rings. The van der Waals surface area contributed by atoms with E-state index >= 15 is 0 Å². The molecule has 0 aliphatic rings. The fraction of sp³-hybridized carbons (Fsp3) is 0.364. The minimum absolute atomic E-state index is 0.402. The Balaban J connectivity index is 2.07.